The van der Waals surface area contributed by atoms with E-state index >= 15 is 0 Å². The van der Waals surface area contributed by atoms with Crippen molar-refractivity contribution in [3.63, 3.8) is 0 Å². The van der Waals surface area contributed by atoms with Crippen LogP contribution in [0.3, 0.4) is 0 Å². The number of nitrogens with one attached hydrogen (secondary N) is 1. The average molecular weight is 452 g/mol. The second-order valence-corrected chi connectivity index (χ2v) is 6.32. The molecule has 0 fully saturated rings. The van der Waals surface area contributed by atoms with Crippen molar-refractivity contribution in [1.82, 2.24) is 5.32 Å². The van der Waals surface area contributed by atoms with E-state index in [1.165, 1.54) is 12.1 Å². The molecule has 0 saturated heterocycles. The van der Waals surface area contributed by atoms with Crippen molar-refractivity contribution >= 4 is 38.5 Å². The van der Waals surface area contributed by atoms with Gasteiger partial charge in [0.05, 0.1) is 10.5 Å². The summed E-state index contributed by atoms with van der Waals surface area (Å²) in [6, 6.07) is 9.46. The number of benzene rings is 2. The van der Waals surface area contributed by atoms with Crippen LogP contribution in [0.4, 0.5) is 8.78 Å². The summed E-state index contributed by atoms with van der Waals surface area (Å²) in [6.07, 6.45) is 0. The lowest BCUT2D eigenvalue weighted by Crippen LogP contribution is -2.24. The van der Waals surface area contributed by atoms with Gasteiger partial charge >= 0.3 is 0 Å². The van der Waals surface area contributed by atoms with Crippen LogP contribution in [-0.4, -0.2) is 6.54 Å². The van der Waals surface area contributed by atoms with Crippen LogP contribution in [0.2, 0.25) is 0 Å². The zero-order chi connectivity index (χ0) is 14.7. The first-order valence-electron chi connectivity index (χ1n) is 6.16. The summed E-state index contributed by atoms with van der Waals surface area (Å²) in [7, 11) is 0. The summed E-state index contributed by atoms with van der Waals surface area (Å²) in [5.41, 5.74) is 1.41. The van der Waals surface area contributed by atoms with Gasteiger partial charge in [0.25, 0.3) is 0 Å². The van der Waals surface area contributed by atoms with Gasteiger partial charge < -0.3 is 5.32 Å². The van der Waals surface area contributed by atoms with E-state index in [9.17, 15) is 8.78 Å². The molecule has 0 saturated carbocycles. The largest absolute Gasteiger partial charge is 0.306 e. The summed E-state index contributed by atoms with van der Waals surface area (Å²) in [5.74, 6) is -0.582. The first-order chi connectivity index (χ1) is 9.54. The minimum atomic E-state index is -0.301. The van der Waals surface area contributed by atoms with Crippen molar-refractivity contribution in [1.29, 1.82) is 0 Å². The summed E-state index contributed by atoms with van der Waals surface area (Å²) in [6.45, 7) is 2.64. The van der Waals surface area contributed by atoms with Gasteiger partial charge in [-0.25, -0.2) is 8.78 Å². The van der Waals surface area contributed by atoms with Gasteiger partial charge in [-0.15, -0.1) is 0 Å². The zero-order valence-electron chi connectivity index (χ0n) is 10.8. The quantitative estimate of drug-likeness (QED) is 0.643. The van der Waals surface area contributed by atoms with E-state index in [0.29, 0.717) is 16.6 Å². The molecule has 0 bridgehead atoms. The third kappa shape index (κ3) is 3.38. The Morgan fingerprint density at radius 3 is 2.60 bits per heavy atom. The average Bonchev–Trinajstić information content (AvgIpc) is 2.40. The highest BCUT2D eigenvalue weighted by Crippen LogP contribution is 2.31. The van der Waals surface area contributed by atoms with E-state index in [0.717, 1.165) is 9.13 Å². The molecule has 1 unspecified atom stereocenters. The summed E-state index contributed by atoms with van der Waals surface area (Å²) < 4.78 is 28.7. The highest BCUT2D eigenvalue weighted by molar-refractivity contribution is 14.1. The van der Waals surface area contributed by atoms with E-state index in [1.807, 2.05) is 6.92 Å². The Hall–Kier alpha value is -0.530. The predicted octanol–water partition coefficient (Wildman–Crippen LogP) is 5.03. The molecule has 0 aliphatic carbocycles. The van der Waals surface area contributed by atoms with Gasteiger partial charge in [-0.1, -0.05) is 25.1 Å². The molecule has 2 aromatic rings. The van der Waals surface area contributed by atoms with Gasteiger partial charge in [-0.2, -0.15) is 0 Å². The molecule has 1 nitrogen and oxygen atoms in total. The molecule has 0 heterocycles. The molecule has 0 aromatic heterocycles. The normalized spacial score (nSPS) is 12.4. The molecule has 20 heavy (non-hydrogen) atoms. The fraction of sp³-hybridized carbons (Fsp3) is 0.200. The van der Waals surface area contributed by atoms with Crippen LogP contribution >= 0.6 is 38.5 Å². The topological polar surface area (TPSA) is 12.0 Å². The molecule has 0 aliphatic heterocycles. The maximum atomic E-state index is 14.3. The lowest BCUT2D eigenvalue weighted by Gasteiger charge is -2.21. The van der Waals surface area contributed by atoms with Crippen molar-refractivity contribution in [3.05, 3.63) is 67.2 Å². The van der Waals surface area contributed by atoms with Gasteiger partial charge in [-0.3, -0.25) is 0 Å². The number of rotatable bonds is 4. The molecule has 2 aromatic carbocycles. The lowest BCUT2D eigenvalue weighted by atomic mass is 9.98. The van der Waals surface area contributed by atoms with E-state index in [2.05, 4.69) is 43.8 Å². The highest BCUT2D eigenvalue weighted by atomic mass is 127. The lowest BCUT2D eigenvalue weighted by molar-refractivity contribution is 0.552. The zero-order valence-corrected chi connectivity index (χ0v) is 14.5. The molecule has 0 spiro atoms. The fourth-order valence-electron chi connectivity index (χ4n) is 2.07. The third-order valence-electron chi connectivity index (χ3n) is 2.97. The number of hydrogen-bond donors (Lipinski definition) is 1. The fourth-order valence-corrected chi connectivity index (χ4v) is 3.24. The Morgan fingerprint density at radius 1 is 1.20 bits per heavy atom. The minimum absolute atomic E-state index is 0.289. The number of halogens is 4. The SMILES string of the molecule is CCNC(c1ccc(F)cc1I)c1cccc(Br)c1F. The smallest absolute Gasteiger partial charge is 0.142 e. The van der Waals surface area contributed by atoms with Crippen molar-refractivity contribution in [2.75, 3.05) is 6.54 Å². The molecule has 2 rings (SSSR count). The van der Waals surface area contributed by atoms with Crippen molar-refractivity contribution in [3.8, 4) is 0 Å². The van der Waals surface area contributed by atoms with E-state index in [4.69, 9.17) is 0 Å². The molecule has 5 heteroatoms. The maximum Gasteiger partial charge on any atom is 0.142 e. The summed E-state index contributed by atoms with van der Waals surface area (Å²) >= 11 is 5.28. The van der Waals surface area contributed by atoms with Crippen LogP contribution in [-0.2, 0) is 0 Å². The van der Waals surface area contributed by atoms with Gasteiger partial charge in [0.15, 0.2) is 0 Å². The Bertz CT molecular complexity index is 619. The third-order valence-corrected chi connectivity index (χ3v) is 4.52. The van der Waals surface area contributed by atoms with Crippen LogP contribution in [0.1, 0.15) is 24.1 Å². The second-order valence-electron chi connectivity index (χ2n) is 4.30. The van der Waals surface area contributed by atoms with Crippen LogP contribution in [0.15, 0.2) is 40.9 Å². The molecule has 0 radical (unpaired) electrons. The Morgan fingerprint density at radius 2 is 1.95 bits per heavy atom. The first-order valence-corrected chi connectivity index (χ1v) is 8.04. The minimum Gasteiger partial charge on any atom is -0.306 e. The molecule has 0 amide bonds. The molecule has 1 N–H and O–H groups in total. The number of hydrogen-bond acceptors (Lipinski definition) is 1. The van der Waals surface area contributed by atoms with Crippen molar-refractivity contribution in [2.24, 2.45) is 0 Å². The van der Waals surface area contributed by atoms with Crippen LogP contribution in [0.25, 0.3) is 0 Å². The first kappa shape index (κ1) is 15.9. The van der Waals surface area contributed by atoms with E-state index in [1.54, 1.807) is 24.3 Å². The van der Waals surface area contributed by atoms with Gasteiger partial charge in [-0.05, 0) is 68.8 Å². The molecule has 0 aliphatic rings. The van der Waals surface area contributed by atoms with Crippen LogP contribution in [0, 0.1) is 15.2 Å². The molecular formula is C15H13BrF2IN. The summed E-state index contributed by atoms with van der Waals surface area (Å²) in [4.78, 5) is 0. The van der Waals surface area contributed by atoms with Gasteiger partial charge in [0, 0.05) is 9.13 Å². The van der Waals surface area contributed by atoms with E-state index < -0.39 is 0 Å². The van der Waals surface area contributed by atoms with Gasteiger partial charge in [0.1, 0.15) is 11.6 Å². The molecule has 1 atom stereocenters. The van der Waals surface area contributed by atoms with Crippen molar-refractivity contribution in [2.45, 2.75) is 13.0 Å². The molecular weight excluding hydrogens is 439 g/mol. The van der Waals surface area contributed by atoms with Crippen molar-refractivity contribution < 1.29 is 8.78 Å². The van der Waals surface area contributed by atoms with Crippen LogP contribution < -0.4 is 5.32 Å². The Labute approximate surface area is 139 Å². The summed E-state index contributed by atoms with van der Waals surface area (Å²) in [5, 5.41) is 3.26. The Kier molecular flexibility index (Phi) is 5.51. The highest BCUT2D eigenvalue weighted by Gasteiger charge is 2.20. The maximum absolute atomic E-state index is 14.3. The molecule has 106 valence electrons. The Balaban J connectivity index is 2.53. The predicted molar refractivity (Wildman–Crippen MR) is 88.7 cm³/mol. The van der Waals surface area contributed by atoms with E-state index in [-0.39, 0.29) is 17.7 Å². The monoisotopic (exact) mass is 451 g/mol. The second kappa shape index (κ2) is 6.95. The van der Waals surface area contributed by atoms with Gasteiger partial charge in [0.2, 0.25) is 0 Å². The van der Waals surface area contributed by atoms with Crippen LogP contribution in [0.5, 0.6) is 0 Å². The standard InChI is InChI=1S/C15H13BrF2IN/c1-2-20-15(10-7-6-9(17)8-13(10)19)11-4-3-5-12(16)14(11)18/h3-8,15,20H,2H2,1H3.